The van der Waals surface area contributed by atoms with E-state index >= 15 is 0 Å². The normalized spacial score (nSPS) is 10.9. The first-order chi connectivity index (χ1) is 16.3. The third-order valence-electron chi connectivity index (χ3n) is 5.15. The van der Waals surface area contributed by atoms with Crippen LogP contribution in [0.4, 0.5) is 11.4 Å². The number of hydrogen-bond donors (Lipinski definition) is 2. The highest BCUT2D eigenvalue weighted by molar-refractivity contribution is 9.10. The Morgan fingerprint density at radius 2 is 1.79 bits per heavy atom. The minimum absolute atomic E-state index is 0.0898. The van der Waals surface area contributed by atoms with Crippen LogP contribution in [-0.4, -0.2) is 18.4 Å². The van der Waals surface area contributed by atoms with Gasteiger partial charge in [-0.2, -0.15) is 5.26 Å². The second kappa shape index (κ2) is 11.3. The molecule has 2 N–H and O–H groups in total. The van der Waals surface area contributed by atoms with Gasteiger partial charge in [-0.3, -0.25) is 9.59 Å². The number of nitrogens with one attached hydrogen (secondary N) is 2. The fourth-order valence-corrected chi connectivity index (χ4v) is 3.59. The highest BCUT2D eigenvalue weighted by atomic mass is 79.9. The zero-order valence-corrected chi connectivity index (χ0v) is 20.7. The van der Waals surface area contributed by atoms with Crippen molar-refractivity contribution in [3.63, 3.8) is 0 Å². The van der Waals surface area contributed by atoms with Crippen LogP contribution in [0, 0.1) is 32.1 Å². The second-order valence-electron chi connectivity index (χ2n) is 7.76. The van der Waals surface area contributed by atoms with E-state index in [4.69, 9.17) is 4.74 Å². The molecular weight excluding hydrogens is 494 g/mol. The number of anilines is 2. The molecule has 0 aliphatic heterocycles. The molecule has 3 aromatic rings. The van der Waals surface area contributed by atoms with Crippen molar-refractivity contribution in [3.8, 4) is 11.8 Å². The summed E-state index contributed by atoms with van der Waals surface area (Å²) in [4.78, 5) is 25.1. The quantitative estimate of drug-likeness (QED) is 0.299. The molecule has 7 heteroatoms. The van der Waals surface area contributed by atoms with E-state index in [9.17, 15) is 14.9 Å². The van der Waals surface area contributed by atoms with Crippen LogP contribution in [-0.2, 0) is 9.59 Å². The third kappa shape index (κ3) is 6.56. The largest absolute Gasteiger partial charge is 0.483 e. The molecule has 172 valence electrons. The van der Waals surface area contributed by atoms with E-state index in [0.29, 0.717) is 22.7 Å². The zero-order valence-electron chi connectivity index (χ0n) is 19.1. The van der Waals surface area contributed by atoms with Gasteiger partial charge in [-0.25, -0.2) is 0 Å². The minimum Gasteiger partial charge on any atom is -0.483 e. The monoisotopic (exact) mass is 517 g/mol. The number of rotatable bonds is 7. The lowest BCUT2D eigenvalue weighted by Crippen LogP contribution is -2.20. The van der Waals surface area contributed by atoms with Crippen molar-refractivity contribution in [1.29, 1.82) is 5.26 Å². The number of nitriles is 1. The summed E-state index contributed by atoms with van der Waals surface area (Å²) < 4.78 is 6.45. The third-order valence-corrected chi connectivity index (χ3v) is 5.64. The molecule has 0 heterocycles. The molecule has 0 radical (unpaired) electrons. The van der Waals surface area contributed by atoms with Crippen LogP contribution in [0.2, 0.25) is 0 Å². The second-order valence-corrected chi connectivity index (χ2v) is 8.68. The van der Waals surface area contributed by atoms with Crippen molar-refractivity contribution in [1.82, 2.24) is 0 Å². The fourth-order valence-electron chi connectivity index (χ4n) is 3.21. The van der Waals surface area contributed by atoms with Crippen molar-refractivity contribution >= 4 is 45.2 Å². The number of carbonyl (C=O) groups excluding carboxylic acids is 2. The standard InChI is InChI=1S/C27H24BrN3O3/c1-17-6-4-8-23(12-17)30-26(32)16-34-25-11-10-22(28)14-20(25)13-21(15-29)27(33)31-24-9-5-7-18(2)19(24)3/h4-14H,16H2,1-3H3,(H,30,32)(H,31,33)/b21-13+. The van der Waals surface area contributed by atoms with Crippen LogP contribution in [0.3, 0.4) is 0 Å². The Labute approximate surface area is 207 Å². The summed E-state index contributed by atoms with van der Waals surface area (Å²) in [5.41, 5.74) is 4.72. The smallest absolute Gasteiger partial charge is 0.266 e. The maximum Gasteiger partial charge on any atom is 0.266 e. The van der Waals surface area contributed by atoms with E-state index in [1.54, 1.807) is 30.3 Å². The maximum absolute atomic E-state index is 12.8. The summed E-state index contributed by atoms with van der Waals surface area (Å²) in [6.45, 7) is 5.57. The molecule has 0 saturated heterocycles. The van der Waals surface area contributed by atoms with E-state index in [1.807, 2.05) is 57.2 Å². The van der Waals surface area contributed by atoms with Crippen LogP contribution in [0.15, 0.2) is 70.7 Å². The number of carbonyl (C=O) groups is 2. The summed E-state index contributed by atoms with van der Waals surface area (Å²) >= 11 is 3.40. The highest BCUT2D eigenvalue weighted by Gasteiger charge is 2.14. The topological polar surface area (TPSA) is 91.2 Å². The van der Waals surface area contributed by atoms with Crippen molar-refractivity contribution in [2.45, 2.75) is 20.8 Å². The molecular formula is C27H24BrN3O3. The first-order valence-electron chi connectivity index (χ1n) is 10.5. The maximum atomic E-state index is 12.8. The molecule has 3 rings (SSSR count). The van der Waals surface area contributed by atoms with E-state index < -0.39 is 5.91 Å². The summed E-state index contributed by atoms with van der Waals surface area (Å²) in [6.07, 6.45) is 1.44. The molecule has 0 aromatic heterocycles. The molecule has 0 fully saturated rings. The summed E-state index contributed by atoms with van der Waals surface area (Å²) in [7, 11) is 0. The van der Waals surface area contributed by atoms with Gasteiger partial charge < -0.3 is 15.4 Å². The van der Waals surface area contributed by atoms with Gasteiger partial charge in [0.05, 0.1) is 0 Å². The first-order valence-corrected chi connectivity index (χ1v) is 11.3. The van der Waals surface area contributed by atoms with Gasteiger partial charge in [-0.15, -0.1) is 0 Å². The van der Waals surface area contributed by atoms with E-state index in [2.05, 4.69) is 26.6 Å². The Hall–Kier alpha value is -3.89. The highest BCUT2D eigenvalue weighted by Crippen LogP contribution is 2.26. The van der Waals surface area contributed by atoms with Crippen LogP contribution in [0.25, 0.3) is 6.08 Å². The first kappa shape index (κ1) is 24.7. The number of hydrogen-bond acceptors (Lipinski definition) is 4. The number of ether oxygens (including phenoxy) is 1. The van der Waals surface area contributed by atoms with Gasteiger partial charge in [0.1, 0.15) is 17.4 Å². The average molecular weight is 518 g/mol. The summed E-state index contributed by atoms with van der Waals surface area (Å²) in [5, 5.41) is 15.2. The molecule has 0 atom stereocenters. The van der Waals surface area contributed by atoms with Crippen molar-refractivity contribution in [2.75, 3.05) is 17.2 Å². The predicted octanol–water partition coefficient (Wildman–Crippen LogP) is 5.94. The van der Waals surface area contributed by atoms with Gasteiger partial charge in [-0.1, -0.05) is 40.2 Å². The predicted molar refractivity (Wildman–Crippen MR) is 138 cm³/mol. The molecule has 2 amide bonds. The van der Waals surface area contributed by atoms with E-state index in [1.165, 1.54) is 6.08 Å². The Bertz CT molecular complexity index is 1310. The molecule has 0 spiro atoms. The number of amides is 2. The average Bonchev–Trinajstić information content (AvgIpc) is 2.79. The van der Waals surface area contributed by atoms with Crippen LogP contribution < -0.4 is 15.4 Å². The Morgan fingerprint density at radius 1 is 1.03 bits per heavy atom. The van der Waals surface area contributed by atoms with Crippen LogP contribution in [0.1, 0.15) is 22.3 Å². The Balaban J connectivity index is 1.77. The lowest BCUT2D eigenvalue weighted by atomic mass is 10.1. The van der Waals surface area contributed by atoms with E-state index in [0.717, 1.165) is 21.2 Å². The van der Waals surface area contributed by atoms with Gasteiger partial charge in [0.25, 0.3) is 11.8 Å². The van der Waals surface area contributed by atoms with Crippen molar-refractivity contribution in [3.05, 3.63) is 93.0 Å². The molecule has 34 heavy (non-hydrogen) atoms. The lowest BCUT2D eigenvalue weighted by Gasteiger charge is -2.12. The molecule has 3 aromatic carbocycles. The number of nitrogens with zero attached hydrogens (tertiary/aromatic N) is 1. The Morgan fingerprint density at radius 3 is 2.53 bits per heavy atom. The Kier molecular flexibility index (Phi) is 8.23. The van der Waals surface area contributed by atoms with Gasteiger partial charge in [-0.05, 0) is 79.9 Å². The molecule has 0 saturated carbocycles. The summed E-state index contributed by atoms with van der Waals surface area (Å²) in [5.74, 6) is -0.481. The van der Waals surface area contributed by atoms with Gasteiger partial charge >= 0.3 is 0 Å². The molecule has 0 aliphatic rings. The van der Waals surface area contributed by atoms with Gasteiger partial charge in [0.2, 0.25) is 0 Å². The van der Waals surface area contributed by atoms with Gasteiger partial charge in [0, 0.05) is 21.4 Å². The van der Waals surface area contributed by atoms with E-state index in [-0.39, 0.29) is 18.1 Å². The molecule has 0 aliphatic carbocycles. The minimum atomic E-state index is -0.528. The van der Waals surface area contributed by atoms with Crippen LogP contribution in [0.5, 0.6) is 5.75 Å². The van der Waals surface area contributed by atoms with Crippen molar-refractivity contribution in [2.24, 2.45) is 0 Å². The zero-order chi connectivity index (χ0) is 24.7. The molecule has 0 bridgehead atoms. The van der Waals surface area contributed by atoms with Gasteiger partial charge in [0.15, 0.2) is 6.61 Å². The van der Waals surface area contributed by atoms with Crippen molar-refractivity contribution < 1.29 is 14.3 Å². The number of halogens is 1. The lowest BCUT2D eigenvalue weighted by molar-refractivity contribution is -0.118. The number of aryl methyl sites for hydroxylation is 2. The SMILES string of the molecule is Cc1cccc(NC(=O)COc2ccc(Br)cc2/C=C(\C#N)C(=O)Nc2cccc(C)c2C)c1. The van der Waals surface area contributed by atoms with Crippen LogP contribution >= 0.6 is 15.9 Å². The number of benzene rings is 3. The fraction of sp³-hybridized carbons (Fsp3) is 0.148. The molecule has 0 unspecified atom stereocenters. The summed E-state index contributed by atoms with van der Waals surface area (Å²) in [6, 6.07) is 20.1. The molecule has 6 nitrogen and oxygen atoms in total.